The lowest BCUT2D eigenvalue weighted by atomic mass is 10.9. The van der Waals surface area contributed by atoms with Gasteiger partial charge in [0.15, 0.2) is 0 Å². The molecule has 0 aliphatic heterocycles. The SMILES string of the molecule is CCOC([O])=O. The molecule has 0 heterocycles. The Balaban J connectivity index is 2.83. The molecule has 35 valence electrons. The second-order valence-corrected chi connectivity index (χ2v) is 0.683. The maximum Gasteiger partial charge on any atom is 0.549 e. The van der Waals surface area contributed by atoms with Crippen LogP contribution >= 0.6 is 0 Å². The molecule has 0 rings (SSSR count). The lowest BCUT2D eigenvalue weighted by molar-refractivity contribution is 0.0722. The number of hydrogen-bond acceptors (Lipinski definition) is 2. The van der Waals surface area contributed by atoms with Gasteiger partial charge in [-0.1, -0.05) is 0 Å². The van der Waals surface area contributed by atoms with Gasteiger partial charge >= 0.3 is 6.16 Å². The topological polar surface area (TPSA) is 46.2 Å². The smallest absolute Gasteiger partial charge is 0.432 e. The highest BCUT2D eigenvalue weighted by atomic mass is 16.7. The maximum atomic E-state index is 9.27. The van der Waals surface area contributed by atoms with Crippen LogP contribution in [0.1, 0.15) is 6.92 Å². The van der Waals surface area contributed by atoms with Gasteiger partial charge in [-0.15, -0.1) is 0 Å². The van der Waals surface area contributed by atoms with Gasteiger partial charge in [-0.25, -0.2) is 0 Å². The van der Waals surface area contributed by atoms with Gasteiger partial charge < -0.3 is 4.74 Å². The van der Waals surface area contributed by atoms with Crippen molar-refractivity contribution in [3.8, 4) is 0 Å². The first kappa shape index (κ1) is 5.27. The van der Waals surface area contributed by atoms with E-state index in [9.17, 15) is 9.90 Å². The number of carbonyl (C=O) groups excluding carboxylic acids is 1. The van der Waals surface area contributed by atoms with E-state index in [4.69, 9.17) is 0 Å². The van der Waals surface area contributed by atoms with Crippen molar-refractivity contribution >= 4 is 6.16 Å². The molecule has 1 radical (unpaired) electrons. The Morgan fingerprint density at radius 2 is 2.33 bits per heavy atom. The summed E-state index contributed by atoms with van der Waals surface area (Å²) in [5, 5.41) is 9.27. The van der Waals surface area contributed by atoms with E-state index >= 15 is 0 Å². The molecule has 0 aromatic carbocycles. The van der Waals surface area contributed by atoms with Gasteiger partial charge in [0.05, 0.1) is 6.61 Å². The van der Waals surface area contributed by atoms with E-state index in [1.54, 1.807) is 6.92 Å². The van der Waals surface area contributed by atoms with Crippen LogP contribution in [0.25, 0.3) is 0 Å². The molecule has 0 bridgehead atoms. The zero-order valence-electron chi connectivity index (χ0n) is 3.43. The highest BCUT2D eigenvalue weighted by Crippen LogP contribution is 1.70. The van der Waals surface area contributed by atoms with Crippen LogP contribution in [0.15, 0.2) is 0 Å². The Morgan fingerprint density at radius 1 is 1.83 bits per heavy atom. The lowest BCUT2D eigenvalue weighted by Gasteiger charge is -1.84. The summed E-state index contributed by atoms with van der Waals surface area (Å²) in [6.07, 6.45) is -1.46. The van der Waals surface area contributed by atoms with Crippen LogP contribution < -0.4 is 0 Å². The summed E-state index contributed by atoms with van der Waals surface area (Å²) < 4.78 is 3.85. The Kier molecular flexibility index (Phi) is 2.20. The molecule has 0 atom stereocenters. The van der Waals surface area contributed by atoms with Gasteiger partial charge in [0.2, 0.25) is 0 Å². The largest absolute Gasteiger partial charge is 0.549 e. The predicted octanol–water partition coefficient (Wildman–Crippen LogP) is 0.573. The third kappa shape index (κ3) is 3.27. The summed E-state index contributed by atoms with van der Waals surface area (Å²) in [4.78, 5) is 9.27. The molecule has 0 N–H and O–H groups in total. The first-order valence-corrected chi connectivity index (χ1v) is 1.61. The van der Waals surface area contributed by atoms with Gasteiger partial charge in [0.25, 0.3) is 0 Å². The maximum absolute atomic E-state index is 9.27. The third-order valence-electron chi connectivity index (χ3n) is 0.262. The van der Waals surface area contributed by atoms with Crippen molar-refractivity contribution < 1.29 is 14.6 Å². The number of hydrogen-bond donors (Lipinski definition) is 0. The summed E-state index contributed by atoms with van der Waals surface area (Å²) in [7, 11) is 0. The minimum atomic E-state index is -1.46. The van der Waals surface area contributed by atoms with Crippen molar-refractivity contribution in [1.82, 2.24) is 0 Å². The summed E-state index contributed by atoms with van der Waals surface area (Å²) >= 11 is 0. The van der Waals surface area contributed by atoms with Gasteiger partial charge in [-0.05, 0) is 6.92 Å². The summed E-state index contributed by atoms with van der Waals surface area (Å²) in [6, 6.07) is 0. The highest BCUT2D eigenvalue weighted by molar-refractivity contribution is 5.56. The van der Waals surface area contributed by atoms with E-state index in [1.165, 1.54) is 0 Å². The zero-order valence-corrected chi connectivity index (χ0v) is 3.43. The second kappa shape index (κ2) is 2.50. The molecule has 0 spiro atoms. The van der Waals surface area contributed by atoms with Crippen molar-refractivity contribution in [3.63, 3.8) is 0 Å². The van der Waals surface area contributed by atoms with E-state index in [0.717, 1.165) is 0 Å². The monoisotopic (exact) mass is 89.0 g/mol. The van der Waals surface area contributed by atoms with Crippen LogP contribution in [-0.2, 0) is 9.84 Å². The molecule has 0 saturated heterocycles. The fraction of sp³-hybridized carbons (Fsp3) is 0.667. The molecule has 0 aliphatic rings. The normalized spacial score (nSPS) is 7.50. The molecular formula is C3H5O3. The number of rotatable bonds is 1. The quantitative estimate of drug-likeness (QED) is 0.441. The Labute approximate surface area is 35.5 Å². The zero-order chi connectivity index (χ0) is 4.99. The van der Waals surface area contributed by atoms with Crippen LogP contribution in [0.4, 0.5) is 4.79 Å². The van der Waals surface area contributed by atoms with Crippen LogP contribution in [0.5, 0.6) is 0 Å². The van der Waals surface area contributed by atoms with Crippen LogP contribution in [0.2, 0.25) is 0 Å². The Bertz CT molecular complexity index is 50.0. The second-order valence-electron chi connectivity index (χ2n) is 0.683. The standard InChI is InChI=1S/C3H5O3/c1-2-6-3(4)5/h2H2,1H3. The van der Waals surface area contributed by atoms with Crippen molar-refractivity contribution in [2.75, 3.05) is 6.61 Å². The fourth-order valence-corrected chi connectivity index (χ4v) is 0.118. The molecule has 0 saturated carbocycles. The highest BCUT2D eigenvalue weighted by Gasteiger charge is 1.91. The van der Waals surface area contributed by atoms with Crippen molar-refractivity contribution in [2.45, 2.75) is 6.92 Å². The first-order chi connectivity index (χ1) is 2.77. The molecule has 3 nitrogen and oxygen atoms in total. The molecular weight excluding hydrogens is 84.0 g/mol. The van der Waals surface area contributed by atoms with Crippen molar-refractivity contribution in [2.24, 2.45) is 0 Å². The average Bonchev–Trinajstić information content (AvgIpc) is 1.35. The average molecular weight is 89.1 g/mol. The Morgan fingerprint density at radius 3 is 2.33 bits per heavy atom. The Hall–Kier alpha value is -0.730. The summed E-state index contributed by atoms with van der Waals surface area (Å²) in [5.74, 6) is 0. The molecule has 0 aromatic heterocycles. The van der Waals surface area contributed by atoms with E-state index in [-0.39, 0.29) is 6.61 Å². The molecule has 6 heavy (non-hydrogen) atoms. The van der Waals surface area contributed by atoms with Gasteiger partial charge in [-0.3, -0.25) is 0 Å². The third-order valence-corrected chi connectivity index (χ3v) is 0.262. The minimum Gasteiger partial charge on any atom is -0.432 e. The summed E-state index contributed by atoms with van der Waals surface area (Å²) in [5.41, 5.74) is 0. The van der Waals surface area contributed by atoms with Crippen LogP contribution in [-0.4, -0.2) is 12.8 Å². The van der Waals surface area contributed by atoms with E-state index in [2.05, 4.69) is 4.74 Å². The number of ether oxygens (including phenoxy) is 1. The fourth-order valence-electron chi connectivity index (χ4n) is 0.118. The molecule has 0 unspecified atom stereocenters. The van der Waals surface area contributed by atoms with E-state index in [0.29, 0.717) is 0 Å². The molecule has 0 fully saturated rings. The predicted molar refractivity (Wildman–Crippen MR) is 17.7 cm³/mol. The van der Waals surface area contributed by atoms with E-state index in [1.807, 2.05) is 0 Å². The molecule has 0 aliphatic carbocycles. The van der Waals surface area contributed by atoms with E-state index < -0.39 is 6.16 Å². The van der Waals surface area contributed by atoms with Crippen molar-refractivity contribution in [1.29, 1.82) is 0 Å². The minimum absolute atomic E-state index is 0.169. The number of carbonyl (C=O) groups is 1. The molecule has 0 aromatic rings. The first-order valence-electron chi connectivity index (χ1n) is 1.61. The lowest BCUT2D eigenvalue weighted by Crippen LogP contribution is -1.95. The van der Waals surface area contributed by atoms with Crippen LogP contribution in [0.3, 0.4) is 0 Å². The van der Waals surface area contributed by atoms with Crippen molar-refractivity contribution in [3.05, 3.63) is 0 Å². The molecule has 3 heteroatoms. The summed E-state index contributed by atoms with van der Waals surface area (Å²) in [6.45, 7) is 1.75. The van der Waals surface area contributed by atoms with Gasteiger partial charge in [0, 0.05) is 0 Å². The van der Waals surface area contributed by atoms with Crippen LogP contribution in [0, 0.1) is 0 Å². The van der Waals surface area contributed by atoms with Gasteiger partial charge in [0.1, 0.15) is 0 Å². The van der Waals surface area contributed by atoms with Gasteiger partial charge in [-0.2, -0.15) is 9.90 Å². The molecule has 0 amide bonds.